The fraction of sp³-hybridized carbons (Fsp3) is 0.375. The Morgan fingerprint density at radius 1 is 1.50 bits per heavy atom. The highest BCUT2D eigenvalue weighted by molar-refractivity contribution is 6.30. The molecule has 0 amide bonds. The minimum atomic E-state index is 0.383. The molecule has 0 atom stereocenters. The van der Waals surface area contributed by atoms with Crippen molar-refractivity contribution in [3.05, 3.63) is 23.5 Å². The van der Waals surface area contributed by atoms with Gasteiger partial charge in [0.05, 0.1) is 6.61 Å². The zero-order valence-electron chi connectivity index (χ0n) is 6.79. The zero-order chi connectivity index (χ0) is 8.81. The number of aromatic nitrogens is 1. The molecule has 0 unspecified atom stereocenters. The van der Waals surface area contributed by atoms with Crippen molar-refractivity contribution in [1.82, 2.24) is 4.98 Å². The van der Waals surface area contributed by atoms with Gasteiger partial charge in [0.25, 0.3) is 0 Å². The smallest absolute Gasteiger partial charge is 0.171 e. The Kier molecular flexibility index (Phi) is 3.84. The number of hydrogen-bond acceptors (Lipinski definition) is 3. The van der Waals surface area contributed by atoms with Crippen molar-refractivity contribution < 1.29 is 9.47 Å². The van der Waals surface area contributed by atoms with Crippen molar-refractivity contribution in [1.29, 1.82) is 0 Å². The Morgan fingerprint density at radius 3 is 3.00 bits per heavy atom. The fourth-order valence-electron chi connectivity index (χ4n) is 0.714. The average Bonchev–Trinajstić information content (AvgIpc) is 2.09. The number of hydrogen-bond donors (Lipinski definition) is 0. The van der Waals surface area contributed by atoms with Crippen LogP contribution >= 0.6 is 11.6 Å². The molecule has 0 aliphatic heterocycles. The van der Waals surface area contributed by atoms with E-state index in [9.17, 15) is 0 Å². The monoisotopic (exact) mass is 187 g/mol. The second-order valence-corrected chi connectivity index (χ2v) is 2.49. The second-order valence-electron chi connectivity index (χ2n) is 2.13. The van der Waals surface area contributed by atoms with Gasteiger partial charge in [0.15, 0.2) is 10.9 Å². The van der Waals surface area contributed by atoms with Crippen LogP contribution in [-0.2, 0) is 4.74 Å². The lowest BCUT2D eigenvalue weighted by Crippen LogP contribution is -2.04. The minimum Gasteiger partial charge on any atom is -0.488 e. The first-order valence-corrected chi connectivity index (χ1v) is 3.94. The van der Waals surface area contributed by atoms with Gasteiger partial charge in [-0.25, -0.2) is 4.98 Å². The summed E-state index contributed by atoms with van der Waals surface area (Å²) in [4.78, 5) is 3.86. The molecule has 1 aromatic heterocycles. The summed E-state index contributed by atoms with van der Waals surface area (Å²) in [6.45, 7) is 1.03. The summed E-state index contributed by atoms with van der Waals surface area (Å²) in [5.74, 6) is 0.594. The molecule has 0 N–H and O–H groups in total. The maximum absolute atomic E-state index is 5.73. The van der Waals surface area contributed by atoms with E-state index in [0.29, 0.717) is 24.1 Å². The maximum Gasteiger partial charge on any atom is 0.171 e. The van der Waals surface area contributed by atoms with Crippen LogP contribution in [0.25, 0.3) is 0 Å². The lowest BCUT2D eigenvalue weighted by molar-refractivity contribution is 0.146. The Balaban J connectivity index is 2.46. The Hall–Kier alpha value is -0.800. The molecule has 66 valence electrons. The molecule has 0 saturated heterocycles. The highest BCUT2D eigenvalue weighted by Crippen LogP contribution is 2.19. The lowest BCUT2D eigenvalue weighted by atomic mass is 10.5. The van der Waals surface area contributed by atoms with Crippen molar-refractivity contribution in [2.45, 2.75) is 0 Å². The van der Waals surface area contributed by atoms with E-state index in [4.69, 9.17) is 21.1 Å². The summed E-state index contributed by atoms with van der Waals surface area (Å²) in [5.41, 5.74) is 0. The molecule has 4 heteroatoms. The molecule has 0 fully saturated rings. The van der Waals surface area contributed by atoms with Crippen molar-refractivity contribution in [2.24, 2.45) is 0 Å². The number of halogens is 1. The molecule has 0 aliphatic carbocycles. The molecular weight excluding hydrogens is 178 g/mol. The summed E-state index contributed by atoms with van der Waals surface area (Å²) >= 11 is 5.73. The first-order chi connectivity index (χ1) is 5.84. The summed E-state index contributed by atoms with van der Waals surface area (Å²) in [6.07, 6.45) is 1.62. The van der Waals surface area contributed by atoms with Gasteiger partial charge in [-0.1, -0.05) is 11.6 Å². The minimum absolute atomic E-state index is 0.383. The summed E-state index contributed by atoms with van der Waals surface area (Å²) in [6, 6.07) is 3.54. The first kappa shape index (κ1) is 9.29. The van der Waals surface area contributed by atoms with Crippen LogP contribution < -0.4 is 4.74 Å². The number of pyridine rings is 1. The molecule has 12 heavy (non-hydrogen) atoms. The van der Waals surface area contributed by atoms with Crippen LogP contribution in [-0.4, -0.2) is 25.3 Å². The Morgan fingerprint density at radius 2 is 2.33 bits per heavy atom. The normalized spacial score (nSPS) is 9.83. The molecule has 0 saturated carbocycles. The van der Waals surface area contributed by atoms with Gasteiger partial charge in [-0.2, -0.15) is 0 Å². The van der Waals surface area contributed by atoms with Crippen LogP contribution in [0.3, 0.4) is 0 Å². The lowest BCUT2D eigenvalue weighted by Gasteiger charge is -2.05. The van der Waals surface area contributed by atoms with Crippen LogP contribution in [0, 0.1) is 0 Å². The summed E-state index contributed by atoms with van der Waals surface area (Å²) in [5, 5.41) is 0.383. The molecule has 0 spiro atoms. The van der Waals surface area contributed by atoms with Crippen LogP contribution in [0.4, 0.5) is 0 Å². The third-order valence-electron chi connectivity index (χ3n) is 1.27. The van der Waals surface area contributed by atoms with E-state index >= 15 is 0 Å². The van der Waals surface area contributed by atoms with E-state index in [1.54, 1.807) is 25.4 Å². The van der Waals surface area contributed by atoms with E-state index in [1.165, 1.54) is 0 Å². The van der Waals surface area contributed by atoms with E-state index in [2.05, 4.69) is 4.98 Å². The predicted octanol–water partition coefficient (Wildman–Crippen LogP) is 1.76. The molecule has 1 aromatic rings. The fourth-order valence-corrected chi connectivity index (χ4v) is 0.888. The summed E-state index contributed by atoms with van der Waals surface area (Å²) < 4.78 is 10.1. The first-order valence-electron chi connectivity index (χ1n) is 3.57. The topological polar surface area (TPSA) is 31.4 Å². The van der Waals surface area contributed by atoms with Gasteiger partial charge in [0.1, 0.15) is 6.61 Å². The third-order valence-corrected chi connectivity index (χ3v) is 1.55. The van der Waals surface area contributed by atoms with Gasteiger partial charge in [0, 0.05) is 13.3 Å². The van der Waals surface area contributed by atoms with E-state index in [0.717, 1.165) is 0 Å². The summed E-state index contributed by atoms with van der Waals surface area (Å²) in [7, 11) is 1.62. The molecular formula is C8H10ClNO2. The molecule has 1 heterocycles. The Labute approximate surface area is 76.3 Å². The van der Waals surface area contributed by atoms with Crippen LogP contribution in [0.1, 0.15) is 0 Å². The second kappa shape index (κ2) is 4.95. The van der Waals surface area contributed by atoms with Crippen LogP contribution in [0.15, 0.2) is 18.3 Å². The highest BCUT2D eigenvalue weighted by atomic mass is 35.5. The van der Waals surface area contributed by atoms with Gasteiger partial charge in [-0.05, 0) is 12.1 Å². The number of methoxy groups -OCH3 is 1. The highest BCUT2D eigenvalue weighted by Gasteiger charge is 1.99. The predicted molar refractivity (Wildman–Crippen MR) is 46.6 cm³/mol. The van der Waals surface area contributed by atoms with Gasteiger partial charge >= 0.3 is 0 Å². The van der Waals surface area contributed by atoms with Crippen LogP contribution in [0.5, 0.6) is 5.75 Å². The van der Waals surface area contributed by atoms with E-state index in [-0.39, 0.29) is 0 Å². The largest absolute Gasteiger partial charge is 0.488 e. The molecule has 1 rings (SSSR count). The van der Waals surface area contributed by atoms with Crippen molar-refractivity contribution in [2.75, 3.05) is 20.3 Å². The quantitative estimate of drug-likeness (QED) is 0.532. The maximum atomic E-state index is 5.73. The molecule has 0 radical (unpaired) electrons. The Bertz CT molecular complexity index is 242. The number of nitrogens with zero attached hydrogens (tertiary/aromatic N) is 1. The third kappa shape index (κ3) is 2.68. The molecule has 0 bridgehead atoms. The molecule has 0 aromatic carbocycles. The van der Waals surface area contributed by atoms with Gasteiger partial charge in [-0.15, -0.1) is 0 Å². The SMILES string of the molecule is COCCOc1cccnc1Cl. The number of rotatable bonds is 4. The van der Waals surface area contributed by atoms with Gasteiger partial charge < -0.3 is 9.47 Å². The van der Waals surface area contributed by atoms with Crippen molar-refractivity contribution in [3.8, 4) is 5.75 Å². The standard InChI is InChI=1S/C8H10ClNO2/c1-11-5-6-12-7-3-2-4-10-8(7)9/h2-4H,5-6H2,1H3. The van der Waals surface area contributed by atoms with Crippen molar-refractivity contribution >= 4 is 11.6 Å². The van der Waals surface area contributed by atoms with E-state index < -0.39 is 0 Å². The van der Waals surface area contributed by atoms with Gasteiger partial charge in [0.2, 0.25) is 0 Å². The van der Waals surface area contributed by atoms with Crippen LogP contribution in [0.2, 0.25) is 5.15 Å². The van der Waals surface area contributed by atoms with E-state index in [1.807, 2.05) is 0 Å². The average molecular weight is 188 g/mol. The number of ether oxygens (including phenoxy) is 2. The van der Waals surface area contributed by atoms with Crippen molar-refractivity contribution in [3.63, 3.8) is 0 Å². The zero-order valence-corrected chi connectivity index (χ0v) is 7.54. The molecule has 3 nitrogen and oxygen atoms in total. The molecule has 0 aliphatic rings. The van der Waals surface area contributed by atoms with Gasteiger partial charge in [-0.3, -0.25) is 0 Å².